The molecule has 0 aromatic carbocycles. The number of carbonyl (C=O) groups is 1. The minimum absolute atomic E-state index is 0.229. The molecular formula is C13H16N2O3S. The minimum Gasteiger partial charge on any atom is -0.391 e. The van der Waals surface area contributed by atoms with E-state index in [4.69, 9.17) is 4.52 Å². The molecule has 1 unspecified atom stereocenters. The quantitative estimate of drug-likeness (QED) is 0.851. The molecule has 5 nitrogen and oxygen atoms in total. The van der Waals surface area contributed by atoms with Crippen molar-refractivity contribution in [3.8, 4) is 10.6 Å². The highest BCUT2D eigenvalue weighted by atomic mass is 32.1. The van der Waals surface area contributed by atoms with E-state index >= 15 is 0 Å². The topological polar surface area (TPSA) is 75.4 Å². The van der Waals surface area contributed by atoms with Crippen LogP contribution in [0.1, 0.15) is 30.3 Å². The Kier molecular flexibility index (Phi) is 4.70. The Balaban J connectivity index is 1.93. The molecule has 2 heterocycles. The van der Waals surface area contributed by atoms with E-state index in [2.05, 4.69) is 10.5 Å². The Morgan fingerprint density at radius 1 is 1.63 bits per heavy atom. The fraction of sp³-hybridized carbons (Fsp3) is 0.385. The average molecular weight is 280 g/mol. The highest BCUT2D eigenvalue weighted by molar-refractivity contribution is 7.13. The van der Waals surface area contributed by atoms with Gasteiger partial charge in [-0.15, -0.1) is 11.3 Å². The van der Waals surface area contributed by atoms with Crippen LogP contribution in [0.25, 0.3) is 10.6 Å². The molecule has 1 atom stereocenters. The maximum atomic E-state index is 11.8. The summed E-state index contributed by atoms with van der Waals surface area (Å²) in [6.45, 7) is 2.21. The number of aliphatic hydroxyl groups excluding tert-OH is 1. The van der Waals surface area contributed by atoms with Crippen LogP contribution in [0.15, 0.2) is 28.1 Å². The molecule has 102 valence electrons. The molecular weight excluding hydrogens is 264 g/mol. The van der Waals surface area contributed by atoms with E-state index in [0.717, 1.165) is 11.3 Å². The van der Waals surface area contributed by atoms with Gasteiger partial charge >= 0.3 is 0 Å². The molecule has 19 heavy (non-hydrogen) atoms. The Bertz CT molecular complexity index is 522. The van der Waals surface area contributed by atoms with Crippen LogP contribution in [0.2, 0.25) is 0 Å². The lowest BCUT2D eigenvalue weighted by molar-refractivity contribution is 0.0901. The summed E-state index contributed by atoms with van der Waals surface area (Å²) in [5, 5.41) is 17.8. The summed E-state index contributed by atoms with van der Waals surface area (Å²) in [7, 11) is 0. The first-order chi connectivity index (χ1) is 9.20. The second-order valence-electron chi connectivity index (χ2n) is 4.21. The Labute approximate surface area is 115 Å². The predicted molar refractivity (Wildman–Crippen MR) is 73.1 cm³/mol. The van der Waals surface area contributed by atoms with Crippen LogP contribution < -0.4 is 5.32 Å². The van der Waals surface area contributed by atoms with Crippen molar-refractivity contribution >= 4 is 17.2 Å². The van der Waals surface area contributed by atoms with Crippen molar-refractivity contribution in [1.82, 2.24) is 10.5 Å². The standard InChI is InChI=1S/C13H16N2O3S/c1-2-4-9(16)8-14-13(17)10-7-11(18-15-10)12-5-3-6-19-12/h3,5-7,9,16H,2,4,8H2,1H3,(H,14,17). The van der Waals surface area contributed by atoms with Gasteiger partial charge in [0, 0.05) is 12.6 Å². The maximum absolute atomic E-state index is 11.8. The molecule has 0 aliphatic rings. The van der Waals surface area contributed by atoms with E-state index < -0.39 is 6.10 Å². The van der Waals surface area contributed by atoms with Crippen molar-refractivity contribution in [2.45, 2.75) is 25.9 Å². The number of nitrogens with zero attached hydrogens (tertiary/aromatic N) is 1. The third kappa shape index (κ3) is 3.65. The molecule has 0 fully saturated rings. The van der Waals surface area contributed by atoms with Gasteiger partial charge in [0.2, 0.25) is 0 Å². The maximum Gasteiger partial charge on any atom is 0.273 e. The van der Waals surface area contributed by atoms with Gasteiger partial charge in [0.1, 0.15) is 0 Å². The molecule has 0 aliphatic carbocycles. The molecule has 1 amide bonds. The molecule has 0 saturated carbocycles. The van der Waals surface area contributed by atoms with Gasteiger partial charge in [-0.2, -0.15) is 0 Å². The Hall–Kier alpha value is -1.66. The van der Waals surface area contributed by atoms with Gasteiger partial charge < -0.3 is 14.9 Å². The first kappa shape index (κ1) is 13.8. The van der Waals surface area contributed by atoms with E-state index in [1.54, 1.807) is 6.07 Å². The van der Waals surface area contributed by atoms with Gasteiger partial charge in [0.25, 0.3) is 5.91 Å². The third-order valence-corrected chi connectivity index (χ3v) is 3.51. The first-order valence-electron chi connectivity index (χ1n) is 6.17. The summed E-state index contributed by atoms with van der Waals surface area (Å²) in [6.07, 6.45) is 1.03. The fourth-order valence-electron chi connectivity index (χ4n) is 1.65. The highest BCUT2D eigenvalue weighted by Crippen LogP contribution is 2.24. The van der Waals surface area contributed by atoms with E-state index in [1.807, 2.05) is 24.4 Å². The van der Waals surface area contributed by atoms with Crippen molar-refractivity contribution in [3.63, 3.8) is 0 Å². The van der Waals surface area contributed by atoms with Crippen LogP contribution in [0, 0.1) is 0 Å². The van der Waals surface area contributed by atoms with E-state index in [-0.39, 0.29) is 18.1 Å². The third-order valence-electron chi connectivity index (χ3n) is 2.63. The lowest BCUT2D eigenvalue weighted by Crippen LogP contribution is -2.32. The molecule has 0 bridgehead atoms. The normalized spacial score (nSPS) is 12.3. The number of amides is 1. The fourth-order valence-corrected chi connectivity index (χ4v) is 2.33. The van der Waals surface area contributed by atoms with E-state index in [0.29, 0.717) is 12.2 Å². The largest absolute Gasteiger partial charge is 0.391 e. The van der Waals surface area contributed by atoms with Crippen LogP contribution in [-0.2, 0) is 0 Å². The molecule has 0 aliphatic heterocycles. The second kappa shape index (κ2) is 6.49. The number of hydrogen-bond donors (Lipinski definition) is 2. The summed E-state index contributed by atoms with van der Waals surface area (Å²) >= 11 is 1.52. The lowest BCUT2D eigenvalue weighted by Gasteiger charge is -2.09. The number of hydrogen-bond acceptors (Lipinski definition) is 5. The summed E-state index contributed by atoms with van der Waals surface area (Å²) in [5.41, 5.74) is 0.229. The van der Waals surface area contributed by atoms with Crippen molar-refractivity contribution in [1.29, 1.82) is 0 Å². The first-order valence-corrected chi connectivity index (χ1v) is 7.05. The van der Waals surface area contributed by atoms with Crippen molar-refractivity contribution in [2.24, 2.45) is 0 Å². The van der Waals surface area contributed by atoms with Gasteiger partial charge in [-0.05, 0) is 17.9 Å². The van der Waals surface area contributed by atoms with Gasteiger partial charge in [-0.1, -0.05) is 24.6 Å². The molecule has 2 rings (SSSR count). The number of nitrogens with one attached hydrogen (secondary N) is 1. The molecule has 0 spiro atoms. The van der Waals surface area contributed by atoms with Crippen LogP contribution in [0.4, 0.5) is 0 Å². The van der Waals surface area contributed by atoms with Gasteiger partial charge in [0.05, 0.1) is 11.0 Å². The summed E-state index contributed by atoms with van der Waals surface area (Å²) in [5.74, 6) is 0.246. The lowest BCUT2D eigenvalue weighted by atomic mass is 10.2. The van der Waals surface area contributed by atoms with Gasteiger partial charge in [-0.25, -0.2) is 0 Å². The number of carbonyl (C=O) groups excluding carboxylic acids is 1. The minimum atomic E-state index is -0.516. The van der Waals surface area contributed by atoms with Crippen LogP contribution >= 0.6 is 11.3 Å². The monoisotopic (exact) mass is 280 g/mol. The van der Waals surface area contributed by atoms with Crippen molar-refractivity contribution in [3.05, 3.63) is 29.3 Å². The molecule has 2 aromatic heterocycles. The summed E-state index contributed by atoms with van der Waals surface area (Å²) < 4.78 is 5.12. The SMILES string of the molecule is CCCC(O)CNC(=O)c1cc(-c2cccs2)on1. The number of aromatic nitrogens is 1. The molecule has 2 aromatic rings. The van der Waals surface area contributed by atoms with Crippen molar-refractivity contribution in [2.75, 3.05) is 6.54 Å². The smallest absolute Gasteiger partial charge is 0.273 e. The zero-order chi connectivity index (χ0) is 13.7. The zero-order valence-corrected chi connectivity index (χ0v) is 11.4. The molecule has 6 heteroatoms. The van der Waals surface area contributed by atoms with Gasteiger partial charge in [-0.3, -0.25) is 4.79 Å². The number of rotatable bonds is 6. The highest BCUT2D eigenvalue weighted by Gasteiger charge is 2.14. The molecule has 0 radical (unpaired) electrons. The molecule has 2 N–H and O–H groups in total. The van der Waals surface area contributed by atoms with E-state index in [1.165, 1.54) is 11.3 Å². The van der Waals surface area contributed by atoms with Crippen LogP contribution in [0.3, 0.4) is 0 Å². The van der Waals surface area contributed by atoms with Crippen molar-refractivity contribution < 1.29 is 14.4 Å². The predicted octanol–water partition coefficient (Wildman–Crippen LogP) is 2.29. The van der Waals surface area contributed by atoms with Crippen LogP contribution in [-0.4, -0.2) is 28.8 Å². The average Bonchev–Trinajstić information content (AvgIpc) is 3.06. The van der Waals surface area contributed by atoms with Gasteiger partial charge in [0.15, 0.2) is 11.5 Å². The Morgan fingerprint density at radius 2 is 2.47 bits per heavy atom. The van der Waals surface area contributed by atoms with E-state index in [9.17, 15) is 9.90 Å². The summed E-state index contributed by atoms with van der Waals surface area (Å²) in [4.78, 5) is 12.7. The Morgan fingerprint density at radius 3 is 3.16 bits per heavy atom. The zero-order valence-electron chi connectivity index (χ0n) is 10.6. The molecule has 0 saturated heterocycles. The number of aliphatic hydroxyl groups is 1. The number of thiophene rings is 1. The van der Waals surface area contributed by atoms with Crippen LogP contribution in [0.5, 0.6) is 0 Å². The second-order valence-corrected chi connectivity index (χ2v) is 5.15. The summed E-state index contributed by atoms with van der Waals surface area (Å²) in [6, 6.07) is 5.41.